The van der Waals surface area contributed by atoms with Crippen LogP contribution in [0.4, 0.5) is 15.8 Å². The van der Waals surface area contributed by atoms with Crippen LogP contribution in [-0.4, -0.2) is 67.2 Å². The van der Waals surface area contributed by atoms with Crippen LogP contribution in [0.1, 0.15) is 37.3 Å². The Balaban J connectivity index is 1.34. The summed E-state index contributed by atoms with van der Waals surface area (Å²) in [5.41, 5.74) is 2.20. The Bertz CT molecular complexity index is 1520. The van der Waals surface area contributed by atoms with Crippen molar-refractivity contribution in [2.45, 2.75) is 62.4 Å². The number of aromatic nitrogens is 1. The number of halogens is 2. The quantitative estimate of drug-likeness (QED) is 0.268. The zero-order valence-corrected chi connectivity index (χ0v) is 25.8. The molecule has 0 unspecified atom stereocenters. The molecule has 0 bridgehead atoms. The first-order valence-corrected chi connectivity index (χ1v) is 16.4. The van der Waals surface area contributed by atoms with Gasteiger partial charge in [0, 0.05) is 53.9 Å². The third-order valence-electron chi connectivity index (χ3n) is 7.91. The van der Waals surface area contributed by atoms with Crippen LogP contribution in [0.15, 0.2) is 60.8 Å². The van der Waals surface area contributed by atoms with Gasteiger partial charge in [-0.25, -0.2) is 17.8 Å². The molecule has 2 fully saturated rings. The number of ether oxygens (including phenoxy) is 1. The van der Waals surface area contributed by atoms with E-state index in [-0.39, 0.29) is 29.7 Å². The molecular weight excluding hydrogens is 593 g/mol. The fourth-order valence-electron chi connectivity index (χ4n) is 5.54. The number of pyridine rings is 1. The number of carbonyl (C=O) groups excluding carboxylic acids is 1. The van der Waals surface area contributed by atoms with Crippen molar-refractivity contribution in [3.05, 3.63) is 82.8 Å². The molecule has 12 heteroatoms. The molecule has 2 heterocycles. The number of rotatable bonds is 12. The van der Waals surface area contributed by atoms with Gasteiger partial charge >= 0.3 is 0 Å². The Kier molecular flexibility index (Phi) is 9.85. The summed E-state index contributed by atoms with van der Waals surface area (Å²) < 4.78 is 48.5. The number of piperazine rings is 1. The highest BCUT2D eigenvalue weighted by molar-refractivity contribution is 7.90. The number of anilines is 2. The summed E-state index contributed by atoms with van der Waals surface area (Å²) in [5.74, 6) is -0.365. The number of nitrogens with one attached hydrogen (secondary N) is 3. The lowest BCUT2D eigenvalue weighted by molar-refractivity contribution is -0.116. The van der Waals surface area contributed by atoms with Gasteiger partial charge in [0.2, 0.25) is 21.8 Å². The number of hydrogen-bond donors (Lipinski definition) is 3. The molecule has 5 rings (SSSR count). The third kappa shape index (κ3) is 7.64. The van der Waals surface area contributed by atoms with Crippen molar-refractivity contribution in [2.75, 3.05) is 30.8 Å². The monoisotopic (exact) mass is 629 g/mol. The fraction of sp³-hybridized carbons (Fsp3) is 0.419. The SMILES string of the molecule is COc1ccc(N[C@@H](Cc2ccc(Cl)cc2)C(=O)Nc2cccc(F)c2CC[C@H]2CNC[C@H](C)N2S(=O)(=O)C2CC2)cn1. The van der Waals surface area contributed by atoms with Crippen molar-refractivity contribution in [3.8, 4) is 5.88 Å². The second-order valence-electron chi connectivity index (χ2n) is 11.1. The molecule has 1 aliphatic carbocycles. The Labute approximate surface area is 257 Å². The van der Waals surface area contributed by atoms with Crippen molar-refractivity contribution in [1.82, 2.24) is 14.6 Å². The van der Waals surface area contributed by atoms with Crippen molar-refractivity contribution >= 4 is 38.9 Å². The van der Waals surface area contributed by atoms with Crippen molar-refractivity contribution in [2.24, 2.45) is 0 Å². The molecule has 3 N–H and O–H groups in total. The van der Waals surface area contributed by atoms with Crippen molar-refractivity contribution < 1.29 is 22.3 Å². The smallest absolute Gasteiger partial charge is 0.247 e. The van der Waals surface area contributed by atoms with Crippen LogP contribution in [0, 0.1) is 5.82 Å². The van der Waals surface area contributed by atoms with E-state index in [1.54, 1.807) is 46.9 Å². The normalized spacial score (nSPS) is 19.9. The highest BCUT2D eigenvalue weighted by atomic mass is 35.5. The van der Waals surface area contributed by atoms with E-state index in [4.69, 9.17) is 16.3 Å². The van der Waals surface area contributed by atoms with Gasteiger partial charge in [0.15, 0.2) is 0 Å². The van der Waals surface area contributed by atoms with Gasteiger partial charge in [-0.1, -0.05) is 29.8 Å². The van der Waals surface area contributed by atoms with Crippen LogP contribution in [0.2, 0.25) is 5.02 Å². The summed E-state index contributed by atoms with van der Waals surface area (Å²) in [5, 5.41) is 9.76. The van der Waals surface area contributed by atoms with E-state index in [1.165, 1.54) is 13.2 Å². The zero-order chi connectivity index (χ0) is 30.6. The second-order valence-corrected chi connectivity index (χ2v) is 13.7. The maximum Gasteiger partial charge on any atom is 0.247 e. The molecule has 9 nitrogen and oxygen atoms in total. The maximum absolute atomic E-state index is 15.3. The molecule has 2 aromatic carbocycles. The number of hydrogen-bond acceptors (Lipinski definition) is 7. The van der Waals surface area contributed by atoms with E-state index in [0.29, 0.717) is 66.6 Å². The fourth-order valence-corrected chi connectivity index (χ4v) is 7.91. The summed E-state index contributed by atoms with van der Waals surface area (Å²) in [6.07, 6.45) is 3.96. The van der Waals surface area contributed by atoms with Crippen LogP contribution < -0.4 is 20.7 Å². The van der Waals surface area contributed by atoms with Gasteiger partial charge in [-0.2, -0.15) is 4.31 Å². The van der Waals surface area contributed by atoms with Crippen LogP contribution in [0.5, 0.6) is 5.88 Å². The maximum atomic E-state index is 15.3. The summed E-state index contributed by atoms with van der Waals surface area (Å²) in [4.78, 5) is 17.9. The minimum Gasteiger partial charge on any atom is -0.481 e. The highest BCUT2D eigenvalue weighted by Gasteiger charge is 2.45. The molecular formula is C31H37ClFN5O4S. The Morgan fingerprint density at radius 2 is 1.93 bits per heavy atom. The van der Waals surface area contributed by atoms with Gasteiger partial charge in [0.1, 0.15) is 11.9 Å². The summed E-state index contributed by atoms with van der Waals surface area (Å²) in [6, 6.07) is 14.1. The van der Waals surface area contributed by atoms with E-state index in [1.807, 2.05) is 19.1 Å². The molecule has 3 aromatic rings. The summed E-state index contributed by atoms with van der Waals surface area (Å²) >= 11 is 6.06. The molecule has 1 saturated heterocycles. The molecule has 1 amide bonds. The van der Waals surface area contributed by atoms with Gasteiger partial charge in [-0.3, -0.25) is 4.79 Å². The Morgan fingerprint density at radius 3 is 2.60 bits per heavy atom. The van der Waals surface area contributed by atoms with Gasteiger partial charge in [0.25, 0.3) is 0 Å². The number of amides is 1. The first-order valence-electron chi connectivity index (χ1n) is 14.5. The van der Waals surface area contributed by atoms with Gasteiger partial charge < -0.3 is 20.7 Å². The first kappa shape index (κ1) is 31.2. The standard InChI is InChI=1S/C31H37ClFN5O4S/c1-20-17-34-19-24(38(20)43(40,41)25-12-13-25)11-14-26-27(33)4-3-5-28(26)37-31(39)29(16-21-6-8-22(32)9-7-21)36-23-10-15-30(42-2)35-18-23/h3-10,15,18,20,24-25,29,34,36H,11-14,16-17,19H2,1-2H3,(H,37,39)/t20-,24-,29-/m0/s1. The van der Waals surface area contributed by atoms with E-state index < -0.39 is 21.9 Å². The predicted octanol–water partition coefficient (Wildman–Crippen LogP) is 4.63. The van der Waals surface area contributed by atoms with Crippen molar-refractivity contribution in [3.63, 3.8) is 0 Å². The molecule has 2 aliphatic rings. The van der Waals surface area contributed by atoms with Crippen LogP contribution in [0.3, 0.4) is 0 Å². The van der Waals surface area contributed by atoms with Crippen LogP contribution in [0.25, 0.3) is 0 Å². The molecule has 230 valence electrons. The lowest BCUT2D eigenvalue weighted by atomic mass is 10.00. The molecule has 3 atom stereocenters. The molecule has 0 spiro atoms. The lowest BCUT2D eigenvalue weighted by Crippen LogP contribution is -2.59. The minimum absolute atomic E-state index is 0.184. The van der Waals surface area contributed by atoms with E-state index in [0.717, 1.165) is 5.56 Å². The first-order chi connectivity index (χ1) is 20.7. The summed E-state index contributed by atoms with van der Waals surface area (Å²) in [6.45, 7) is 2.98. The average Bonchev–Trinajstić information content (AvgIpc) is 3.85. The highest BCUT2D eigenvalue weighted by Crippen LogP contribution is 2.35. The second kappa shape index (κ2) is 13.6. The molecule has 1 saturated carbocycles. The topological polar surface area (TPSA) is 113 Å². The summed E-state index contributed by atoms with van der Waals surface area (Å²) in [7, 11) is -1.88. The predicted molar refractivity (Wildman–Crippen MR) is 167 cm³/mol. The number of sulfonamides is 1. The number of carbonyl (C=O) groups is 1. The van der Waals surface area contributed by atoms with Gasteiger partial charge in [-0.05, 0) is 68.5 Å². The molecule has 1 aliphatic heterocycles. The van der Waals surface area contributed by atoms with Crippen LogP contribution >= 0.6 is 11.6 Å². The largest absolute Gasteiger partial charge is 0.481 e. The Morgan fingerprint density at radius 1 is 1.16 bits per heavy atom. The third-order valence-corrected chi connectivity index (χ3v) is 10.7. The molecule has 1 aromatic heterocycles. The van der Waals surface area contributed by atoms with E-state index in [2.05, 4.69) is 20.9 Å². The average molecular weight is 630 g/mol. The number of benzene rings is 2. The number of methoxy groups -OCH3 is 1. The van der Waals surface area contributed by atoms with E-state index in [9.17, 15) is 13.2 Å². The minimum atomic E-state index is -3.41. The van der Waals surface area contributed by atoms with Gasteiger partial charge in [0.05, 0.1) is 24.2 Å². The molecule has 43 heavy (non-hydrogen) atoms. The molecule has 0 radical (unpaired) electrons. The van der Waals surface area contributed by atoms with E-state index >= 15 is 4.39 Å². The lowest BCUT2D eigenvalue weighted by Gasteiger charge is -2.40. The van der Waals surface area contributed by atoms with Crippen LogP contribution in [-0.2, 0) is 27.7 Å². The van der Waals surface area contributed by atoms with Gasteiger partial charge in [-0.15, -0.1) is 0 Å². The van der Waals surface area contributed by atoms with Crippen molar-refractivity contribution in [1.29, 1.82) is 0 Å². The Hall–Kier alpha value is -3.25. The number of nitrogens with zero attached hydrogens (tertiary/aromatic N) is 2. The zero-order valence-electron chi connectivity index (χ0n) is 24.2.